The second kappa shape index (κ2) is 33.0. The Labute approximate surface area is 349 Å². The van der Waals surface area contributed by atoms with E-state index in [1.807, 2.05) is 27.7 Å². The second-order valence-corrected chi connectivity index (χ2v) is 14.1. The van der Waals surface area contributed by atoms with Crippen LogP contribution in [-0.2, 0) is 43.3 Å². The first-order valence-electron chi connectivity index (χ1n) is 15.1. The average molecular weight is 917 g/mol. The molecule has 2 aromatic rings. The number of halogens is 8. The van der Waals surface area contributed by atoms with Crippen molar-refractivity contribution in [3.8, 4) is 0 Å². The molecule has 0 aliphatic rings. The van der Waals surface area contributed by atoms with Crippen LogP contribution in [0.15, 0.2) is 53.0 Å². The molecule has 2 aromatic carbocycles. The third-order valence-electron chi connectivity index (χ3n) is 5.02. The molecule has 20 heteroatoms. The summed E-state index contributed by atoms with van der Waals surface area (Å²) < 4.78 is 113. The van der Waals surface area contributed by atoms with E-state index >= 15 is 0 Å². The van der Waals surface area contributed by atoms with Crippen molar-refractivity contribution in [2.75, 3.05) is 52.9 Å². The van der Waals surface area contributed by atoms with Crippen molar-refractivity contribution in [3.63, 3.8) is 0 Å². The fourth-order valence-corrected chi connectivity index (χ4v) is 8.05. The summed E-state index contributed by atoms with van der Waals surface area (Å²) in [6.07, 6.45) is -8.59. The van der Waals surface area contributed by atoms with E-state index in [4.69, 9.17) is 36.1 Å². The third kappa shape index (κ3) is 24.8. The molecule has 286 valence electrons. The van der Waals surface area contributed by atoms with Gasteiger partial charge in [0.2, 0.25) is 0 Å². The number of alkyl halides is 6. The Balaban J connectivity index is -0.000000112. The molecule has 0 aliphatic carbocycles. The van der Waals surface area contributed by atoms with Crippen molar-refractivity contribution in [3.05, 3.63) is 64.1 Å². The summed E-state index contributed by atoms with van der Waals surface area (Å²) in [5.41, 5.74) is -1.32. The van der Waals surface area contributed by atoms with Crippen LogP contribution in [0.4, 0.5) is 26.3 Å². The van der Waals surface area contributed by atoms with Crippen LogP contribution in [0, 0.1) is 0 Å². The van der Waals surface area contributed by atoms with Gasteiger partial charge >= 0.3 is 76.3 Å². The SMILES string of the molecule is CCO[Si](OCC)(OCC)OCC.CCO[Si](OCC)(OCC)c1ccc(C(F)(F)F)cc1.CC[O-].FC(F)(F)c1ccc(Br)cc1.[Br-].[H-].[H-].[Mg+2].[Mg+2]. The van der Waals surface area contributed by atoms with Gasteiger partial charge < -0.3 is 55.9 Å². The Kier molecular flexibility index (Phi) is 39.5. The van der Waals surface area contributed by atoms with Crippen molar-refractivity contribution in [2.24, 2.45) is 0 Å². The Hall–Kier alpha value is 0.626. The van der Waals surface area contributed by atoms with Crippen LogP contribution in [-0.4, -0.2) is 117 Å². The van der Waals surface area contributed by atoms with Gasteiger partial charge in [-0.15, -0.1) is 6.61 Å². The number of hydrogen-bond acceptors (Lipinski definition) is 8. The van der Waals surface area contributed by atoms with Gasteiger partial charge in [-0.25, -0.2) is 0 Å². The first-order chi connectivity index (χ1) is 22.0. The minimum atomic E-state index is -4.36. The molecule has 0 aliphatic heterocycles. The zero-order valence-electron chi connectivity index (χ0n) is 32.0. The number of hydrogen-bond donors (Lipinski definition) is 0. The molecule has 50 heavy (non-hydrogen) atoms. The van der Waals surface area contributed by atoms with Crippen molar-refractivity contribution in [1.29, 1.82) is 0 Å². The fourth-order valence-electron chi connectivity index (χ4n) is 3.40. The van der Waals surface area contributed by atoms with Gasteiger partial charge in [-0.1, -0.05) is 35.0 Å². The quantitative estimate of drug-likeness (QED) is 0.197. The minimum Gasteiger partial charge on any atom is -1.00 e. The summed E-state index contributed by atoms with van der Waals surface area (Å²) in [6.45, 7) is 17.9. The van der Waals surface area contributed by atoms with E-state index in [0.29, 0.717) is 55.9 Å². The predicted molar refractivity (Wildman–Crippen MR) is 187 cm³/mol. The predicted octanol–water partition coefficient (Wildman–Crippen LogP) is 3.83. The Morgan fingerprint density at radius 3 is 1.00 bits per heavy atom. The van der Waals surface area contributed by atoms with Crippen molar-refractivity contribution < 1.29 is 82.3 Å². The molecular weight excluding hydrogens is 867 g/mol. The van der Waals surface area contributed by atoms with Crippen LogP contribution in [0.25, 0.3) is 0 Å². The van der Waals surface area contributed by atoms with Crippen LogP contribution in [0.2, 0.25) is 0 Å². The van der Waals surface area contributed by atoms with Crippen LogP contribution < -0.4 is 27.3 Å². The number of benzene rings is 2. The van der Waals surface area contributed by atoms with Crippen molar-refractivity contribution >= 4 is 85.1 Å². The molecule has 0 atom stereocenters. The monoisotopic (exact) mass is 914 g/mol. The average Bonchev–Trinajstić information content (AvgIpc) is 2.99. The summed E-state index contributed by atoms with van der Waals surface area (Å²) in [4.78, 5) is 0. The normalized spacial score (nSPS) is 11.1. The first kappa shape index (κ1) is 59.9. The Bertz CT molecular complexity index is 1020. The van der Waals surface area contributed by atoms with E-state index in [1.54, 1.807) is 27.7 Å². The van der Waals surface area contributed by atoms with Gasteiger partial charge in [0, 0.05) is 55.9 Å². The van der Waals surface area contributed by atoms with Gasteiger partial charge in [0.1, 0.15) is 0 Å². The van der Waals surface area contributed by atoms with Crippen molar-refractivity contribution in [2.45, 2.75) is 67.7 Å². The molecule has 0 amide bonds. The largest absolute Gasteiger partial charge is 2.00 e. The van der Waals surface area contributed by atoms with Gasteiger partial charge in [-0.3, -0.25) is 0 Å². The summed E-state index contributed by atoms with van der Waals surface area (Å²) in [5.74, 6) is 0. The molecule has 0 aromatic heterocycles. The third-order valence-corrected chi connectivity index (χ3v) is 11.2. The van der Waals surface area contributed by atoms with Crippen molar-refractivity contribution in [1.82, 2.24) is 0 Å². The zero-order chi connectivity index (χ0) is 36.6. The molecule has 0 saturated heterocycles. The maximum Gasteiger partial charge on any atom is 2.00 e. The summed E-state index contributed by atoms with van der Waals surface area (Å²) in [7, 11) is -5.92. The van der Waals surface area contributed by atoms with E-state index in [2.05, 4.69) is 15.9 Å². The van der Waals surface area contributed by atoms with Gasteiger partial charge in [-0.05, 0) is 84.9 Å². The molecular formula is C30H50Br2F6Mg2O8Si2. The maximum absolute atomic E-state index is 12.6. The molecule has 0 saturated carbocycles. The maximum atomic E-state index is 12.6. The van der Waals surface area contributed by atoms with E-state index < -0.39 is 41.3 Å². The minimum absolute atomic E-state index is 0. The smallest absolute Gasteiger partial charge is 1.00 e. The molecule has 0 fully saturated rings. The van der Waals surface area contributed by atoms with Gasteiger partial charge in [0.15, 0.2) is 0 Å². The standard InChI is InChI=1S/C13H19F3O3Si.C8H20O4Si.C7H4BrF3.C2H5O.BrH.2Mg.2H/c1-4-17-20(18-5-2,19-6-3)12-9-7-11(8-10-12)13(14,15)16;1-5-9-13(10-6-2,11-7-3)12-8-4;8-6-3-1-5(2-4-6)7(9,10)11;1-2-3;;;;;/h7-10H,4-6H2,1-3H3;5-8H2,1-4H3;1-4H;2H2,1H3;1H;;;;/q;;;-1;;2*+2;2*-1/p-1. The second-order valence-electron chi connectivity index (χ2n) is 8.46. The van der Waals surface area contributed by atoms with Gasteiger partial charge in [-0.2, -0.15) is 26.3 Å². The Morgan fingerprint density at radius 1 is 0.540 bits per heavy atom. The van der Waals surface area contributed by atoms with E-state index in [9.17, 15) is 26.3 Å². The molecule has 2 rings (SSSR count). The number of rotatable bonds is 15. The Morgan fingerprint density at radius 2 is 0.780 bits per heavy atom. The van der Waals surface area contributed by atoms with E-state index in [0.717, 1.165) is 24.3 Å². The topological polar surface area (TPSA) is 87.7 Å². The molecule has 8 nitrogen and oxygen atoms in total. The van der Waals surface area contributed by atoms with Crippen LogP contribution >= 0.6 is 15.9 Å². The molecule has 0 spiro atoms. The van der Waals surface area contributed by atoms with Crippen LogP contribution in [0.3, 0.4) is 0 Å². The summed E-state index contributed by atoms with van der Waals surface area (Å²) in [5, 5.41) is 9.47. The summed E-state index contributed by atoms with van der Waals surface area (Å²) >= 11 is 3.04. The fraction of sp³-hybridized carbons (Fsp3) is 0.600. The first-order valence-corrected chi connectivity index (χ1v) is 19.3. The summed E-state index contributed by atoms with van der Waals surface area (Å²) in [6, 6.07) is 9.58. The molecule has 0 radical (unpaired) electrons. The van der Waals surface area contributed by atoms with E-state index in [1.165, 1.54) is 24.3 Å². The van der Waals surface area contributed by atoms with Crippen LogP contribution in [0.1, 0.15) is 69.4 Å². The van der Waals surface area contributed by atoms with E-state index in [-0.39, 0.29) is 72.5 Å². The molecule has 0 unspecified atom stereocenters. The molecule has 0 N–H and O–H groups in total. The van der Waals surface area contributed by atoms with Crippen LogP contribution in [0.5, 0.6) is 0 Å². The van der Waals surface area contributed by atoms with Gasteiger partial charge in [0.25, 0.3) is 0 Å². The van der Waals surface area contributed by atoms with Gasteiger partial charge in [0.05, 0.1) is 11.1 Å². The zero-order valence-corrected chi connectivity index (χ0v) is 38.0. The molecule has 0 bridgehead atoms. The molecule has 0 heterocycles.